The molecule has 3 saturated heterocycles. The number of rotatable bonds is 5. The second kappa shape index (κ2) is 9.00. The zero-order valence-electron chi connectivity index (χ0n) is 19.2. The van der Waals surface area contributed by atoms with E-state index < -0.39 is 33.3 Å². The molecule has 7 nitrogen and oxygen atoms in total. The topological polar surface area (TPSA) is 87.2 Å². The van der Waals surface area contributed by atoms with Crippen LogP contribution in [0, 0.1) is 12.7 Å². The Morgan fingerprint density at radius 1 is 1.08 bits per heavy atom. The molecule has 2 N–H and O–H groups in total. The van der Waals surface area contributed by atoms with Crippen LogP contribution in [-0.4, -0.2) is 43.6 Å². The van der Waals surface area contributed by atoms with E-state index in [4.69, 9.17) is 0 Å². The van der Waals surface area contributed by atoms with Crippen molar-refractivity contribution < 1.29 is 26.0 Å². The summed E-state index contributed by atoms with van der Waals surface area (Å²) < 4.78 is 83.4. The zero-order chi connectivity index (χ0) is 25.7. The third kappa shape index (κ3) is 4.74. The number of benzene rings is 1. The highest BCUT2D eigenvalue weighted by Gasteiger charge is 2.36. The summed E-state index contributed by atoms with van der Waals surface area (Å²) in [5.74, 6) is -0.556. The molecule has 1 aromatic carbocycles. The van der Waals surface area contributed by atoms with E-state index in [2.05, 4.69) is 24.9 Å². The second-order valence-electron chi connectivity index (χ2n) is 8.98. The molecule has 190 valence electrons. The number of aryl methyl sites for hydroxylation is 1. The van der Waals surface area contributed by atoms with Crippen molar-refractivity contribution in [2.75, 3.05) is 22.7 Å². The number of alkyl halides is 3. The van der Waals surface area contributed by atoms with Crippen molar-refractivity contribution >= 4 is 21.7 Å². The van der Waals surface area contributed by atoms with Crippen molar-refractivity contribution in [1.82, 2.24) is 15.3 Å². The summed E-state index contributed by atoms with van der Waals surface area (Å²) in [6.45, 7) is 3.02. The van der Waals surface area contributed by atoms with Gasteiger partial charge in [-0.25, -0.2) is 14.4 Å². The molecular weight excluding hydrogens is 498 g/mol. The zero-order valence-corrected chi connectivity index (χ0v) is 20.0. The molecule has 3 aromatic rings. The normalized spacial score (nSPS) is 20.0. The summed E-state index contributed by atoms with van der Waals surface area (Å²) in [6, 6.07) is 10.2. The predicted molar refractivity (Wildman–Crippen MR) is 127 cm³/mol. The number of piperazine rings is 1. The summed E-state index contributed by atoms with van der Waals surface area (Å²) in [5.41, 5.74) is -1.40. The lowest BCUT2D eigenvalue weighted by Crippen LogP contribution is -2.61. The number of piperidine rings is 2. The van der Waals surface area contributed by atoms with E-state index >= 15 is 0 Å². The minimum Gasteiger partial charge on any atom is -0.351 e. The van der Waals surface area contributed by atoms with E-state index in [9.17, 15) is 26.0 Å². The van der Waals surface area contributed by atoms with Crippen LogP contribution in [0.15, 0.2) is 53.6 Å². The van der Waals surface area contributed by atoms with Crippen molar-refractivity contribution in [3.05, 3.63) is 65.5 Å². The van der Waals surface area contributed by atoms with Gasteiger partial charge < -0.3 is 10.2 Å². The number of aromatic nitrogens is 2. The maximum atomic E-state index is 13.9. The standard InChI is InChI=1S/C24H23F4N5O2S/c1-14-5-6-15(25)11-18(14)23-19(24(26,27)28)9-10-20(30-23)32-36(34,35)22-4-2-3-21(31-22)33-13-16-7-8-17(33)12-29-16/h2-6,9-11,16-17,29H,7-8,12-13H2,1H3,(H,30,32)/t16-,17-/m0/s1. The monoisotopic (exact) mass is 521 g/mol. The maximum absolute atomic E-state index is 13.9. The molecule has 3 aliphatic heterocycles. The number of hydrogen-bond acceptors (Lipinski definition) is 6. The molecule has 3 fully saturated rings. The minimum atomic E-state index is -4.78. The van der Waals surface area contributed by atoms with Crippen molar-refractivity contribution in [1.29, 1.82) is 0 Å². The molecular formula is C24H23F4N5O2S. The molecule has 2 aromatic heterocycles. The average Bonchev–Trinajstić information content (AvgIpc) is 2.85. The Hall–Kier alpha value is -3.25. The van der Waals surface area contributed by atoms with Crippen LogP contribution in [-0.2, 0) is 16.2 Å². The Kier molecular flexibility index (Phi) is 6.11. The molecule has 0 amide bonds. The molecule has 2 atom stereocenters. The fraction of sp³-hybridized carbons (Fsp3) is 0.333. The Bertz CT molecular complexity index is 1410. The van der Waals surface area contributed by atoms with Crippen LogP contribution in [0.5, 0.6) is 0 Å². The van der Waals surface area contributed by atoms with E-state index in [1.54, 1.807) is 12.1 Å². The van der Waals surface area contributed by atoms with Gasteiger partial charge in [-0.1, -0.05) is 12.1 Å². The highest BCUT2D eigenvalue weighted by molar-refractivity contribution is 7.92. The van der Waals surface area contributed by atoms with Crippen LogP contribution in [0.25, 0.3) is 11.3 Å². The van der Waals surface area contributed by atoms with Crippen LogP contribution >= 0.6 is 0 Å². The smallest absolute Gasteiger partial charge is 0.351 e. The summed E-state index contributed by atoms with van der Waals surface area (Å²) in [5, 5.41) is 3.15. The van der Waals surface area contributed by atoms with Gasteiger partial charge in [0.1, 0.15) is 17.5 Å². The molecule has 2 bridgehead atoms. The summed E-state index contributed by atoms with van der Waals surface area (Å²) in [6.07, 6.45) is -2.75. The van der Waals surface area contributed by atoms with Gasteiger partial charge in [0.05, 0.1) is 11.3 Å². The molecule has 0 unspecified atom stereocenters. The van der Waals surface area contributed by atoms with Gasteiger partial charge in [-0.2, -0.15) is 21.6 Å². The highest BCUT2D eigenvalue weighted by atomic mass is 32.2. The molecule has 12 heteroatoms. The Balaban J connectivity index is 1.49. The average molecular weight is 522 g/mol. The number of hydrogen-bond donors (Lipinski definition) is 2. The summed E-state index contributed by atoms with van der Waals surface area (Å²) >= 11 is 0. The first-order chi connectivity index (χ1) is 17.0. The van der Waals surface area contributed by atoms with Crippen LogP contribution in [0.3, 0.4) is 0 Å². The number of anilines is 2. The first kappa shape index (κ1) is 24.4. The highest BCUT2D eigenvalue weighted by Crippen LogP contribution is 2.38. The second-order valence-corrected chi connectivity index (χ2v) is 10.6. The van der Waals surface area contributed by atoms with Gasteiger partial charge in [0.15, 0.2) is 5.03 Å². The molecule has 3 aliphatic rings. The largest absolute Gasteiger partial charge is 0.418 e. The third-order valence-corrected chi connectivity index (χ3v) is 7.78. The third-order valence-electron chi connectivity index (χ3n) is 6.52. The molecule has 36 heavy (non-hydrogen) atoms. The van der Waals surface area contributed by atoms with E-state index in [1.165, 1.54) is 19.1 Å². The van der Waals surface area contributed by atoms with E-state index in [-0.39, 0.29) is 22.4 Å². The van der Waals surface area contributed by atoms with Gasteiger partial charge >= 0.3 is 6.18 Å². The molecule has 5 heterocycles. The van der Waals surface area contributed by atoms with Gasteiger partial charge in [0.2, 0.25) is 0 Å². The van der Waals surface area contributed by atoms with Crippen molar-refractivity contribution in [3.63, 3.8) is 0 Å². The number of pyridine rings is 2. The van der Waals surface area contributed by atoms with E-state index in [0.29, 0.717) is 24.0 Å². The number of halogens is 4. The quantitative estimate of drug-likeness (QED) is 0.486. The maximum Gasteiger partial charge on any atom is 0.418 e. The summed E-state index contributed by atoms with van der Waals surface area (Å²) in [7, 11) is -4.27. The first-order valence-electron chi connectivity index (χ1n) is 11.4. The van der Waals surface area contributed by atoms with Crippen molar-refractivity contribution in [3.8, 4) is 11.3 Å². The SMILES string of the molecule is Cc1ccc(F)cc1-c1nc(NS(=O)(=O)c2cccc(N3C[C@@H]4CC[C@H]3CN4)n2)ccc1C(F)(F)F. The lowest BCUT2D eigenvalue weighted by Gasteiger charge is -2.46. The van der Waals surface area contributed by atoms with Crippen molar-refractivity contribution in [2.45, 2.75) is 43.1 Å². The Morgan fingerprint density at radius 3 is 2.56 bits per heavy atom. The summed E-state index contributed by atoms with van der Waals surface area (Å²) in [4.78, 5) is 10.4. The van der Waals surface area contributed by atoms with Gasteiger partial charge in [0.25, 0.3) is 10.0 Å². The van der Waals surface area contributed by atoms with Crippen LogP contribution in [0.2, 0.25) is 0 Å². The number of fused-ring (bicyclic) bond motifs is 3. The van der Waals surface area contributed by atoms with Crippen LogP contribution in [0.1, 0.15) is 24.0 Å². The Morgan fingerprint density at radius 2 is 1.89 bits per heavy atom. The van der Waals surface area contributed by atoms with Crippen molar-refractivity contribution in [2.24, 2.45) is 0 Å². The molecule has 0 saturated carbocycles. The number of nitrogens with zero attached hydrogens (tertiary/aromatic N) is 3. The molecule has 0 aliphatic carbocycles. The van der Waals surface area contributed by atoms with Gasteiger partial charge in [-0.15, -0.1) is 0 Å². The number of sulfonamides is 1. The molecule has 0 spiro atoms. The van der Waals surface area contributed by atoms with Crippen LogP contribution < -0.4 is 14.9 Å². The molecule has 6 rings (SSSR count). The van der Waals surface area contributed by atoms with E-state index in [0.717, 1.165) is 43.7 Å². The van der Waals surface area contributed by atoms with Crippen LogP contribution in [0.4, 0.5) is 29.2 Å². The lowest BCUT2D eigenvalue weighted by molar-refractivity contribution is -0.137. The van der Waals surface area contributed by atoms with Gasteiger partial charge in [-0.05, 0) is 61.7 Å². The predicted octanol–water partition coefficient (Wildman–Crippen LogP) is 4.35. The van der Waals surface area contributed by atoms with Gasteiger partial charge in [-0.3, -0.25) is 4.72 Å². The van der Waals surface area contributed by atoms with Gasteiger partial charge in [0, 0.05) is 30.7 Å². The molecule has 0 radical (unpaired) electrons. The fourth-order valence-electron chi connectivity index (χ4n) is 4.69. The number of nitrogens with one attached hydrogen (secondary N) is 2. The lowest BCUT2D eigenvalue weighted by atomic mass is 9.93. The van der Waals surface area contributed by atoms with E-state index in [1.807, 2.05) is 0 Å². The Labute approximate surface area is 205 Å². The minimum absolute atomic E-state index is 0.0859. The first-order valence-corrected chi connectivity index (χ1v) is 12.8. The fourth-order valence-corrected chi connectivity index (χ4v) is 5.66.